The number of phosphoric acid groups is 1. The Balaban J connectivity index is 4.26. The molecule has 0 bridgehead atoms. The number of esters is 1. The van der Waals surface area contributed by atoms with Crippen molar-refractivity contribution in [2.45, 2.75) is 129 Å². The average molecular weight is 680 g/mol. The van der Waals surface area contributed by atoms with Gasteiger partial charge in [-0.3, -0.25) is 13.8 Å². The number of carbonyl (C=O) groups is 1. The molecule has 2 unspecified atom stereocenters. The summed E-state index contributed by atoms with van der Waals surface area (Å²) in [6.45, 7) is 4.65. The highest BCUT2D eigenvalue weighted by Gasteiger charge is 2.25. The fourth-order valence-electron chi connectivity index (χ4n) is 4.31. The van der Waals surface area contributed by atoms with Crippen LogP contribution in [-0.4, -0.2) is 49.9 Å². The van der Waals surface area contributed by atoms with Crippen molar-refractivity contribution in [3.8, 4) is 0 Å². The van der Waals surface area contributed by atoms with Crippen LogP contribution in [0.3, 0.4) is 0 Å². The third-order valence-electron chi connectivity index (χ3n) is 6.90. The van der Waals surface area contributed by atoms with E-state index in [0.717, 1.165) is 51.4 Å². The quantitative estimate of drug-likeness (QED) is 0.0305. The van der Waals surface area contributed by atoms with Gasteiger partial charge in [0.15, 0.2) is 0 Å². The molecule has 0 aliphatic carbocycles. The zero-order valence-corrected chi connectivity index (χ0v) is 30.4. The summed E-state index contributed by atoms with van der Waals surface area (Å²) >= 11 is 0. The van der Waals surface area contributed by atoms with Crippen LogP contribution in [0, 0.1) is 0 Å². The number of hydrogen-bond acceptors (Lipinski definition) is 7. The summed E-state index contributed by atoms with van der Waals surface area (Å²) in [6.07, 6.45) is 42.2. The van der Waals surface area contributed by atoms with E-state index in [0.29, 0.717) is 13.0 Å². The molecule has 8 nitrogen and oxygen atoms in total. The summed E-state index contributed by atoms with van der Waals surface area (Å²) in [7, 11) is -4.29. The first kappa shape index (κ1) is 44.9. The van der Waals surface area contributed by atoms with Crippen molar-refractivity contribution in [2.24, 2.45) is 5.73 Å². The fourth-order valence-corrected chi connectivity index (χ4v) is 5.08. The minimum Gasteiger partial charge on any atom is -0.457 e. The van der Waals surface area contributed by atoms with Crippen molar-refractivity contribution in [1.82, 2.24) is 0 Å². The molecule has 0 aromatic rings. The monoisotopic (exact) mass is 679 g/mol. The highest BCUT2D eigenvalue weighted by Crippen LogP contribution is 2.43. The predicted octanol–water partition coefficient (Wildman–Crippen LogP) is 10.0. The molecule has 0 saturated heterocycles. The largest absolute Gasteiger partial charge is 0.472 e. The molecule has 0 aromatic carbocycles. The minimum atomic E-state index is -4.29. The summed E-state index contributed by atoms with van der Waals surface area (Å²) in [5, 5.41) is 0. The Bertz CT molecular complexity index is 942. The van der Waals surface area contributed by atoms with E-state index in [1.165, 1.54) is 44.9 Å². The summed E-state index contributed by atoms with van der Waals surface area (Å²) < 4.78 is 33.1. The van der Waals surface area contributed by atoms with Crippen LogP contribution in [-0.2, 0) is 27.9 Å². The van der Waals surface area contributed by atoms with Gasteiger partial charge in [0.05, 0.1) is 19.8 Å². The molecule has 0 rings (SSSR count). The fraction of sp³-hybridized carbons (Fsp3) is 0.658. The van der Waals surface area contributed by atoms with Crippen LogP contribution in [0.25, 0.3) is 0 Å². The maximum absolute atomic E-state index is 12.5. The van der Waals surface area contributed by atoms with Gasteiger partial charge in [0.2, 0.25) is 0 Å². The van der Waals surface area contributed by atoms with Gasteiger partial charge < -0.3 is 20.1 Å². The zero-order chi connectivity index (χ0) is 34.5. The van der Waals surface area contributed by atoms with Crippen molar-refractivity contribution in [3.05, 3.63) is 72.9 Å². The molecule has 3 N–H and O–H groups in total. The van der Waals surface area contributed by atoms with E-state index < -0.39 is 19.9 Å². The van der Waals surface area contributed by atoms with Crippen LogP contribution in [0.5, 0.6) is 0 Å². The van der Waals surface area contributed by atoms with Gasteiger partial charge in [0.1, 0.15) is 6.10 Å². The number of ether oxygens (including phenoxy) is 2. The van der Waals surface area contributed by atoms with Gasteiger partial charge in [0, 0.05) is 19.6 Å². The molecule has 0 aliphatic heterocycles. The summed E-state index contributed by atoms with van der Waals surface area (Å²) in [5.74, 6) is -0.416. The minimum absolute atomic E-state index is 0.0829. The molecule has 0 amide bonds. The first-order valence-corrected chi connectivity index (χ1v) is 19.4. The number of nitrogens with two attached hydrogens (primary N) is 1. The number of unbranched alkanes of at least 4 members (excludes halogenated alkanes) is 8. The second kappa shape index (κ2) is 35.3. The van der Waals surface area contributed by atoms with Crippen LogP contribution < -0.4 is 5.73 Å². The lowest BCUT2D eigenvalue weighted by molar-refractivity contribution is -0.154. The Kier molecular flexibility index (Phi) is 33.7. The summed E-state index contributed by atoms with van der Waals surface area (Å²) in [5.41, 5.74) is 5.33. The van der Waals surface area contributed by atoms with Gasteiger partial charge in [0.25, 0.3) is 0 Å². The standard InChI is InChI=1S/C38H66NO7P/c1-3-5-7-9-11-13-14-15-16-17-18-19-20-21-22-23-25-27-29-31-38(40)46-37(36-45-47(41,42)44-34-32-39)35-43-33-30-28-26-24-12-10-8-6-4-2/h5,7,11,13,15-16,18-19,21-22,25,27,37H,3-4,6,8-10,12,14,17,20,23-24,26,28-36,39H2,1-2H3,(H,41,42)/b7-5-,13-11-,16-15-,19-18-,22-21-,27-25-. The molecule has 0 heterocycles. The molecule has 47 heavy (non-hydrogen) atoms. The highest BCUT2D eigenvalue weighted by molar-refractivity contribution is 7.47. The third kappa shape index (κ3) is 35.1. The van der Waals surface area contributed by atoms with E-state index in [9.17, 15) is 14.3 Å². The molecule has 0 radical (unpaired) electrons. The normalized spacial score (nSPS) is 14.6. The third-order valence-corrected chi connectivity index (χ3v) is 7.89. The van der Waals surface area contributed by atoms with Crippen molar-refractivity contribution in [3.63, 3.8) is 0 Å². The average Bonchev–Trinajstić information content (AvgIpc) is 3.06. The topological polar surface area (TPSA) is 117 Å². The lowest BCUT2D eigenvalue weighted by Crippen LogP contribution is -2.28. The summed E-state index contributed by atoms with van der Waals surface area (Å²) in [6, 6.07) is 0. The van der Waals surface area contributed by atoms with Gasteiger partial charge in [-0.15, -0.1) is 0 Å². The van der Waals surface area contributed by atoms with Crippen LogP contribution >= 0.6 is 7.82 Å². The first-order chi connectivity index (χ1) is 22.9. The van der Waals surface area contributed by atoms with Crippen LogP contribution in [0.4, 0.5) is 0 Å². The first-order valence-electron chi connectivity index (χ1n) is 17.9. The molecule has 0 fully saturated rings. The van der Waals surface area contributed by atoms with Gasteiger partial charge in [-0.2, -0.15) is 0 Å². The number of allylic oxidation sites excluding steroid dienone is 12. The van der Waals surface area contributed by atoms with Crippen LogP contribution in [0.2, 0.25) is 0 Å². The smallest absolute Gasteiger partial charge is 0.457 e. The van der Waals surface area contributed by atoms with Crippen LogP contribution in [0.15, 0.2) is 72.9 Å². The molecule has 0 aliphatic rings. The molecule has 0 aromatic heterocycles. The second-order valence-electron chi connectivity index (χ2n) is 11.4. The van der Waals surface area contributed by atoms with Crippen molar-refractivity contribution in [1.29, 1.82) is 0 Å². The molecular formula is C38H66NO7P. The molecular weight excluding hydrogens is 613 g/mol. The molecule has 2 atom stereocenters. The van der Waals surface area contributed by atoms with Gasteiger partial charge >= 0.3 is 13.8 Å². The SMILES string of the molecule is CC/C=C\C/C=C\C/C=C\C/C=C\C/C=C\C/C=C\CCC(=O)OC(COCCCCCCCCCCC)COP(=O)(O)OCCN. The maximum atomic E-state index is 12.5. The number of phosphoric ester groups is 1. The van der Waals surface area contributed by atoms with E-state index in [4.69, 9.17) is 24.3 Å². The van der Waals surface area contributed by atoms with Crippen molar-refractivity contribution in [2.75, 3.05) is 33.0 Å². The molecule has 0 saturated carbocycles. The maximum Gasteiger partial charge on any atom is 0.472 e. The van der Waals surface area contributed by atoms with E-state index in [-0.39, 0.29) is 32.8 Å². The van der Waals surface area contributed by atoms with E-state index in [1.54, 1.807) is 0 Å². The molecule has 270 valence electrons. The van der Waals surface area contributed by atoms with E-state index in [2.05, 4.69) is 74.6 Å². The Morgan fingerprint density at radius 3 is 1.66 bits per heavy atom. The molecule has 0 spiro atoms. The second-order valence-corrected chi connectivity index (χ2v) is 12.8. The lowest BCUT2D eigenvalue weighted by atomic mass is 10.1. The number of carbonyl (C=O) groups excluding carboxylic acids is 1. The van der Waals surface area contributed by atoms with Crippen molar-refractivity contribution < 1.29 is 32.8 Å². The van der Waals surface area contributed by atoms with E-state index >= 15 is 0 Å². The lowest BCUT2D eigenvalue weighted by Gasteiger charge is -2.20. The summed E-state index contributed by atoms with van der Waals surface area (Å²) in [4.78, 5) is 22.3. The Hall–Kier alpha value is -2.06. The Morgan fingerprint density at radius 2 is 1.15 bits per heavy atom. The number of rotatable bonds is 33. The zero-order valence-electron chi connectivity index (χ0n) is 29.5. The van der Waals surface area contributed by atoms with Gasteiger partial charge in [-0.25, -0.2) is 4.57 Å². The van der Waals surface area contributed by atoms with Crippen molar-refractivity contribution >= 4 is 13.8 Å². The Morgan fingerprint density at radius 1 is 0.660 bits per heavy atom. The number of hydrogen-bond donors (Lipinski definition) is 2. The predicted molar refractivity (Wildman–Crippen MR) is 196 cm³/mol. The van der Waals surface area contributed by atoms with Gasteiger partial charge in [-0.05, 0) is 51.4 Å². The van der Waals surface area contributed by atoms with E-state index in [1.807, 2.05) is 12.2 Å². The Labute approximate surface area is 286 Å². The van der Waals surface area contributed by atoms with Gasteiger partial charge in [-0.1, -0.05) is 138 Å². The highest BCUT2D eigenvalue weighted by atomic mass is 31.2. The molecule has 9 heteroatoms. The van der Waals surface area contributed by atoms with Crippen LogP contribution in [0.1, 0.15) is 123 Å².